The van der Waals surface area contributed by atoms with Crippen molar-refractivity contribution < 1.29 is 4.42 Å². The molecule has 0 aliphatic heterocycles. The van der Waals surface area contributed by atoms with E-state index in [0.717, 1.165) is 55.7 Å². The van der Waals surface area contributed by atoms with Gasteiger partial charge in [-0.2, -0.15) is 0 Å². The third-order valence-corrected chi connectivity index (χ3v) is 10.5. The van der Waals surface area contributed by atoms with E-state index >= 15 is 0 Å². The van der Waals surface area contributed by atoms with E-state index in [2.05, 4.69) is 205 Å². The molecule has 1 heterocycles. The summed E-state index contributed by atoms with van der Waals surface area (Å²) >= 11 is 0. The lowest BCUT2D eigenvalue weighted by Crippen LogP contribution is -2.11. The monoisotopic (exact) mass is 689 g/mol. The summed E-state index contributed by atoms with van der Waals surface area (Å²) < 4.78 is 6.43. The topological polar surface area (TPSA) is 16.4 Å². The number of para-hydroxylation sites is 3. The van der Waals surface area contributed by atoms with Crippen molar-refractivity contribution in [3.8, 4) is 44.5 Å². The lowest BCUT2D eigenvalue weighted by Gasteiger charge is -2.29. The molecule has 254 valence electrons. The molecule has 0 N–H and O–H groups in total. The predicted octanol–water partition coefficient (Wildman–Crippen LogP) is 14.9. The molecule has 10 rings (SSSR count). The molecule has 0 fully saturated rings. The summed E-state index contributed by atoms with van der Waals surface area (Å²) in [6.07, 6.45) is 0. The summed E-state index contributed by atoms with van der Waals surface area (Å²) in [5.74, 6) is 0. The second kappa shape index (κ2) is 13.4. The molecule has 54 heavy (non-hydrogen) atoms. The van der Waals surface area contributed by atoms with Crippen molar-refractivity contribution in [3.05, 3.63) is 212 Å². The molecular formula is C52H35NO. The van der Waals surface area contributed by atoms with Crippen LogP contribution in [0, 0.1) is 0 Å². The fourth-order valence-electron chi connectivity index (χ4n) is 7.94. The van der Waals surface area contributed by atoms with Crippen LogP contribution in [0.2, 0.25) is 0 Å². The summed E-state index contributed by atoms with van der Waals surface area (Å²) in [5, 5.41) is 4.68. The predicted molar refractivity (Wildman–Crippen MR) is 228 cm³/mol. The van der Waals surface area contributed by atoms with Crippen LogP contribution in [0.15, 0.2) is 217 Å². The van der Waals surface area contributed by atoms with Gasteiger partial charge in [0.15, 0.2) is 0 Å². The van der Waals surface area contributed by atoms with Crippen molar-refractivity contribution in [1.29, 1.82) is 0 Å². The van der Waals surface area contributed by atoms with Gasteiger partial charge in [0.1, 0.15) is 11.2 Å². The van der Waals surface area contributed by atoms with Crippen LogP contribution in [0.25, 0.3) is 77.2 Å². The normalized spacial score (nSPS) is 11.3. The molecule has 1 aromatic heterocycles. The molecule has 2 heteroatoms. The van der Waals surface area contributed by atoms with Gasteiger partial charge in [-0.05, 0) is 80.6 Å². The average molecular weight is 690 g/mol. The van der Waals surface area contributed by atoms with E-state index < -0.39 is 0 Å². The number of anilines is 3. The van der Waals surface area contributed by atoms with E-state index in [4.69, 9.17) is 4.42 Å². The highest BCUT2D eigenvalue weighted by Gasteiger charge is 2.21. The number of benzene rings is 9. The minimum atomic E-state index is 0.905. The van der Waals surface area contributed by atoms with Crippen LogP contribution in [0.3, 0.4) is 0 Å². The molecule has 0 unspecified atom stereocenters. The van der Waals surface area contributed by atoms with Crippen molar-refractivity contribution >= 4 is 49.8 Å². The second-order valence-electron chi connectivity index (χ2n) is 13.7. The Morgan fingerprint density at radius 2 is 0.852 bits per heavy atom. The molecule has 9 aromatic carbocycles. The van der Waals surface area contributed by atoms with E-state index in [1.165, 1.54) is 38.6 Å². The molecule has 0 spiro atoms. The summed E-state index contributed by atoms with van der Waals surface area (Å²) in [4.78, 5) is 2.40. The fourth-order valence-corrected chi connectivity index (χ4v) is 7.94. The first kappa shape index (κ1) is 31.6. The van der Waals surface area contributed by atoms with Crippen LogP contribution in [0.4, 0.5) is 17.1 Å². The van der Waals surface area contributed by atoms with Crippen LogP contribution >= 0.6 is 0 Å². The van der Waals surface area contributed by atoms with Crippen LogP contribution in [-0.2, 0) is 0 Å². The van der Waals surface area contributed by atoms with E-state index in [1.54, 1.807) is 0 Å². The van der Waals surface area contributed by atoms with Crippen molar-refractivity contribution in [1.82, 2.24) is 0 Å². The standard InChI is InChI=1S/C52H35NO/c1-2-16-37(17-3-1)42-19-6-7-20-44(42)45-21-8-9-22-46(45)47-23-10-12-27-50(47)53(41-34-29-36-15-4-5-18-39(36)35-41)40-32-30-38(31-33-40)43-25-14-26-49-48-24-11-13-28-51(48)54-52(43)49/h1-35H. The van der Waals surface area contributed by atoms with Gasteiger partial charge in [0.05, 0.1) is 5.69 Å². The number of rotatable bonds is 7. The number of nitrogens with zero attached hydrogens (tertiary/aromatic N) is 1. The first-order valence-electron chi connectivity index (χ1n) is 18.4. The minimum Gasteiger partial charge on any atom is -0.455 e. The quantitative estimate of drug-likeness (QED) is 0.166. The van der Waals surface area contributed by atoms with Crippen LogP contribution < -0.4 is 4.90 Å². The van der Waals surface area contributed by atoms with E-state index in [0.29, 0.717) is 0 Å². The van der Waals surface area contributed by atoms with Crippen LogP contribution in [0.5, 0.6) is 0 Å². The van der Waals surface area contributed by atoms with Crippen molar-refractivity contribution in [3.63, 3.8) is 0 Å². The Balaban J connectivity index is 1.14. The summed E-state index contributed by atoms with van der Waals surface area (Å²) in [6, 6.07) is 75.9. The second-order valence-corrected chi connectivity index (χ2v) is 13.7. The van der Waals surface area contributed by atoms with Crippen LogP contribution in [0.1, 0.15) is 0 Å². The number of fused-ring (bicyclic) bond motifs is 4. The minimum absolute atomic E-state index is 0.905. The van der Waals surface area contributed by atoms with E-state index in [9.17, 15) is 0 Å². The first-order chi connectivity index (χ1) is 26.8. The van der Waals surface area contributed by atoms with E-state index in [1.807, 2.05) is 12.1 Å². The number of hydrogen-bond acceptors (Lipinski definition) is 2. The van der Waals surface area contributed by atoms with Crippen LogP contribution in [-0.4, -0.2) is 0 Å². The lowest BCUT2D eigenvalue weighted by atomic mass is 9.88. The zero-order valence-electron chi connectivity index (χ0n) is 29.6. The van der Waals surface area contributed by atoms with E-state index in [-0.39, 0.29) is 0 Å². The van der Waals surface area contributed by atoms with Gasteiger partial charge >= 0.3 is 0 Å². The summed E-state index contributed by atoms with van der Waals surface area (Å²) in [5.41, 5.74) is 14.4. The summed E-state index contributed by atoms with van der Waals surface area (Å²) in [6.45, 7) is 0. The van der Waals surface area contributed by atoms with Gasteiger partial charge in [-0.1, -0.05) is 176 Å². The van der Waals surface area contributed by atoms with Crippen molar-refractivity contribution in [2.45, 2.75) is 0 Å². The Morgan fingerprint density at radius 1 is 0.315 bits per heavy atom. The van der Waals surface area contributed by atoms with Crippen molar-refractivity contribution in [2.75, 3.05) is 4.90 Å². The van der Waals surface area contributed by atoms with Gasteiger partial charge in [-0.25, -0.2) is 0 Å². The van der Waals surface area contributed by atoms with Gasteiger partial charge in [-0.3, -0.25) is 0 Å². The summed E-state index contributed by atoms with van der Waals surface area (Å²) in [7, 11) is 0. The Bertz CT molecular complexity index is 2940. The Hall–Kier alpha value is -7.16. The largest absolute Gasteiger partial charge is 0.455 e. The van der Waals surface area contributed by atoms with Gasteiger partial charge in [0.25, 0.3) is 0 Å². The molecule has 0 bridgehead atoms. The van der Waals surface area contributed by atoms with Crippen molar-refractivity contribution in [2.24, 2.45) is 0 Å². The maximum absolute atomic E-state index is 6.43. The zero-order valence-corrected chi connectivity index (χ0v) is 29.6. The Morgan fingerprint density at radius 3 is 1.65 bits per heavy atom. The molecule has 2 nitrogen and oxygen atoms in total. The maximum atomic E-state index is 6.43. The van der Waals surface area contributed by atoms with Gasteiger partial charge in [0.2, 0.25) is 0 Å². The van der Waals surface area contributed by atoms with Gasteiger partial charge < -0.3 is 9.32 Å². The van der Waals surface area contributed by atoms with Gasteiger partial charge in [0, 0.05) is 33.3 Å². The molecule has 0 radical (unpaired) electrons. The molecule has 0 amide bonds. The smallest absolute Gasteiger partial charge is 0.143 e. The molecule has 0 saturated carbocycles. The number of furan rings is 1. The van der Waals surface area contributed by atoms with Gasteiger partial charge in [-0.15, -0.1) is 0 Å². The Labute approximate surface area is 314 Å². The lowest BCUT2D eigenvalue weighted by molar-refractivity contribution is 0.670. The highest BCUT2D eigenvalue weighted by Crippen LogP contribution is 2.46. The third kappa shape index (κ3) is 5.53. The average Bonchev–Trinajstić information content (AvgIpc) is 3.64. The fraction of sp³-hybridized carbons (Fsp3) is 0. The highest BCUT2D eigenvalue weighted by molar-refractivity contribution is 6.09. The molecule has 0 aliphatic rings. The maximum Gasteiger partial charge on any atom is 0.143 e. The zero-order chi connectivity index (χ0) is 35.8. The molecular weight excluding hydrogens is 655 g/mol. The molecule has 10 aromatic rings. The molecule has 0 saturated heterocycles. The highest BCUT2D eigenvalue weighted by atomic mass is 16.3. The third-order valence-electron chi connectivity index (χ3n) is 10.5. The Kier molecular flexibility index (Phi) is 7.85. The molecule has 0 aliphatic carbocycles. The molecule has 0 atom stereocenters. The first-order valence-corrected chi connectivity index (χ1v) is 18.4. The SMILES string of the molecule is c1ccc(-c2ccccc2-c2ccccc2-c2ccccc2N(c2ccc(-c3cccc4c3oc3ccccc34)cc2)c2ccc3ccccc3c2)cc1. The number of hydrogen-bond donors (Lipinski definition) is 0.